The first-order chi connectivity index (χ1) is 8.08. The third-order valence-corrected chi connectivity index (χ3v) is 2.97. The Morgan fingerprint density at radius 3 is 2.50 bits per heavy atom. The molecule has 1 aromatic rings. The van der Waals surface area contributed by atoms with E-state index >= 15 is 0 Å². The van der Waals surface area contributed by atoms with Gasteiger partial charge in [0.15, 0.2) is 0 Å². The minimum absolute atomic E-state index is 0. The zero-order valence-electron chi connectivity index (χ0n) is 9.73. The lowest BCUT2D eigenvalue weighted by Crippen LogP contribution is -2.33. The molecule has 18 heavy (non-hydrogen) atoms. The Morgan fingerprint density at radius 2 is 2.00 bits per heavy atom. The summed E-state index contributed by atoms with van der Waals surface area (Å²) in [5, 5.41) is 0. The third kappa shape index (κ3) is 3.17. The van der Waals surface area contributed by atoms with Crippen LogP contribution in [0.15, 0.2) is 18.2 Å². The van der Waals surface area contributed by atoms with E-state index in [1.54, 1.807) is 4.90 Å². The third-order valence-electron chi connectivity index (χ3n) is 2.97. The minimum atomic E-state index is -0.679. The van der Waals surface area contributed by atoms with Crippen LogP contribution in [0.1, 0.15) is 12.0 Å². The van der Waals surface area contributed by atoms with Crippen molar-refractivity contribution >= 4 is 18.3 Å². The number of nitrogens with zero attached hydrogens (tertiary/aromatic N) is 1. The number of carbonyl (C=O) groups is 1. The van der Waals surface area contributed by atoms with E-state index in [1.807, 2.05) is 0 Å². The summed E-state index contributed by atoms with van der Waals surface area (Å²) in [6, 6.07) is 3.57. The maximum atomic E-state index is 13.3. The van der Waals surface area contributed by atoms with Crippen LogP contribution in [-0.4, -0.2) is 29.9 Å². The molecule has 2 N–H and O–H groups in total. The van der Waals surface area contributed by atoms with Crippen LogP contribution in [0.2, 0.25) is 0 Å². The van der Waals surface area contributed by atoms with Crippen LogP contribution in [0, 0.1) is 11.6 Å². The van der Waals surface area contributed by atoms with Crippen molar-refractivity contribution in [3.05, 3.63) is 35.4 Å². The summed E-state index contributed by atoms with van der Waals surface area (Å²) in [5.41, 5.74) is 5.51. The second-order valence-electron chi connectivity index (χ2n) is 4.27. The summed E-state index contributed by atoms with van der Waals surface area (Å²) in [4.78, 5) is 13.4. The highest BCUT2D eigenvalue weighted by Crippen LogP contribution is 2.15. The van der Waals surface area contributed by atoms with Crippen molar-refractivity contribution in [2.75, 3.05) is 13.1 Å². The fourth-order valence-electron chi connectivity index (χ4n) is 1.98. The molecule has 0 spiro atoms. The smallest absolute Gasteiger partial charge is 0.227 e. The van der Waals surface area contributed by atoms with Crippen molar-refractivity contribution in [1.82, 2.24) is 4.90 Å². The molecule has 100 valence electrons. The summed E-state index contributed by atoms with van der Waals surface area (Å²) in [5.74, 6) is -1.63. The summed E-state index contributed by atoms with van der Waals surface area (Å²) >= 11 is 0. The number of benzene rings is 1. The van der Waals surface area contributed by atoms with E-state index in [9.17, 15) is 13.6 Å². The number of halogens is 3. The maximum absolute atomic E-state index is 13.3. The molecule has 3 nitrogen and oxygen atoms in total. The Morgan fingerprint density at radius 1 is 1.39 bits per heavy atom. The Kier molecular flexibility index (Phi) is 5.04. The first-order valence-electron chi connectivity index (χ1n) is 5.54. The largest absolute Gasteiger partial charge is 0.341 e. The molecule has 1 aliphatic rings. The number of nitrogens with two attached hydrogens (primary N) is 1. The van der Waals surface area contributed by atoms with E-state index in [0.717, 1.165) is 18.6 Å². The fourth-order valence-corrected chi connectivity index (χ4v) is 1.98. The summed E-state index contributed by atoms with van der Waals surface area (Å²) in [7, 11) is 0. The van der Waals surface area contributed by atoms with Crippen LogP contribution in [0.5, 0.6) is 0 Å². The van der Waals surface area contributed by atoms with Crippen molar-refractivity contribution in [3.8, 4) is 0 Å². The van der Waals surface area contributed by atoms with Gasteiger partial charge in [-0.2, -0.15) is 0 Å². The van der Waals surface area contributed by atoms with E-state index in [-0.39, 0.29) is 36.3 Å². The van der Waals surface area contributed by atoms with Gasteiger partial charge < -0.3 is 10.6 Å². The normalized spacial score (nSPS) is 18.6. The van der Waals surface area contributed by atoms with Crippen molar-refractivity contribution in [1.29, 1.82) is 0 Å². The van der Waals surface area contributed by atoms with Crippen LogP contribution in [0.4, 0.5) is 8.78 Å². The Labute approximate surface area is 110 Å². The van der Waals surface area contributed by atoms with E-state index in [4.69, 9.17) is 5.73 Å². The summed E-state index contributed by atoms with van der Waals surface area (Å²) < 4.78 is 26.7. The lowest BCUT2D eigenvalue weighted by molar-refractivity contribution is -0.129. The van der Waals surface area contributed by atoms with E-state index < -0.39 is 11.6 Å². The quantitative estimate of drug-likeness (QED) is 0.890. The number of likely N-dealkylation sites (tertiary alicyclic amines) is 1. The van der Waals surface area contributed by atoms with Crippen molar-refractivity contribution < 1.29 is 13.6 Å². The van der Waals surface area contributed by atoms with Gasteiger partial charge in [0.1, 0.15) is 11.6 Å². The zero-order valence-corrected chi connectivity index (χ0v) is 10.6. The van der Waals surface area contributed by atoms with Gasteiger partial charge in [0, 0.05) is 24.7 Å². The summed E-state index contributed by atoms with van der Waals surface area (Å²) in [6.07, 6.45) is 0.497. The molecule has 0 aromatic heterocycles. The summed E-state index contributed by atoms with van der Waals surface area (Å²) in [6.45, 7) is 1.03. The van der Waals surface area contributed by atoms with Crippen LogP contribution in [0.3, 0.4) is 0 Å². The number of amides is 1. The van der Waals surface area contributed by atoms with Gasteiger partial charge in [-0.15, -0.1) is 12.4 Å². The first-order valence-corrected chi connectivity index (χ1v) is 5.54. The van der Waals surface area contributed by atoms with Crippen LogP contribution in [-0.2, 0) is 11.2 Å². The number of rotatable bonds is 2. The molecule has 1 heterocycles. The molecule has 0 bridgehead atoms. The van der Waals surface area contributed by atoms with E-state index in [0.29, 0.717) is 13.1 Å². The highest BCUT2D eigenvalue weighted by atomic mass is 35.5. The molecule has 1 aromatic carbocycles. The van der Waals surface area contributed by atoms with Gasteiger partial charge in [0.25, 0.3) is 0 Å². The van der Waals surface area contributed by atoms with E-state index in [2.05, 4.69) is 0 Å². The Bertz CT molecular complexity index is 422. The molecule has 0 radical (unpaired) electrons. The highest BCUT2D eigenvalue weighted by molar-refractivity contribution is 5.85. The van der Waals surface area contributed by atoms with Crippen molar-refractivity contribution in [2.45, 2.75) is 18.9 Å². The maximum Gasteiger partial charge on any atom is 0.227 e. The van der Waals surface area contributed by atoms with Gasteiger partial charge in [0.2, 0.25) is 5.91 Å². The van der Waals surface area contributed by atoms with Crippen LogP contribution >= 0.6 is 12.4 Å². The van der Waals surface area contributed by atoms with E-state index in [1.165, 1.54) is 6.07 Å². The number of hydrogen-bond acceptors (Lipinski definition) is 2. The second-order valence-corrected chi connectivity index (χ2v) is 4.27. The zero-order chi connectivity index (χ0) is 12.4. The molecule has 6 heteroatoms. The predicted molar refractivity (Wildman–Crippen MR) is 66.5 cm³/mol. The molecular formula is C12H15ClF2N2O. The molecule has 0 aliphatic carbocycles. The molecule has 1 fully saturated rings. The standard InChI is InChI=1S/C12H14F2N2O.ClH/c13-10-2-1-3-11(14)9(10)6-12(17)16-5-4-8(15)7-16;/h1-3,8H,4-7,15H2;1H. The molecule has 1 amide bonds. The topological polar surface area (TPSA) is 46.3 Å². The number of carbonyl (C=O) groups excluding carboxylic acids is 1. The van der Waals surface area contributed by atoms with Gasteiger partial charge in [-0.3, -0.25) is 4.79 Å². The lowest BCUT2D eigenvalue weighted by atomic mass is 10.1. The Balaban J connectivity index is 0.00000162. The van der Waals surface area contributed by atoms with Crippen molar-refractivity contribution in [2.24, 2.45) is 5.73 Å². The van der Waals surface area contributed by atoms with Crippen LogP contribution in [0.25, 0.3) is 0 Å². The van der Waals surface area contributed by atoms with Gasteiger partial charge in [-0.25, -0.2) is 8.78 Å². The SMILES string of the molecule is Cl.NC1CCN(C(=O)Cc2c(F)cccc2F)C1. The van der Waals surface area contributed by atoms with Crippen LogP contribution < -0.4 is 5.73 Å². The first kappa shape index (κ1) is 14.9. The van der Waals surface area contributed by atoms with Gasteiger partial charge in [-0.05, 0) is 18.6 Å². The lowest BCUT2D eigenvalue weighted by Gasteiger charge is -2.16. The number of hydrogen-bond donors (Lipinski definition) is 1. The molecule has 0 saturated carbocycles. The molecule has 1 saturated heterocycles. The Hall–Kier alpha value is -1.20. The minimum Gasteiger partial charge on any atom is -0.341 e. The second kappa shape index (κ2) is 6.11. The average Bonchev–Trinajstić information content (AvgIpc) is 2.70. The fraction of sp³-hybridized carbons (Fsp3) is 0.417. The van der Waals surface area contributed by atoms with Gasteiger partial charge >= 0.3 is 0 Å². The molecule has 1 aliphatic heterocycles. The molecular weight excluding hydrogens is 262 g/mol. The average molecular weight is 277 g/mol. The molecule has 1 atom stereocenters. The van der Waals surface area contributed by atoms with Gasteiger partial charge in [0.05, 0.1) is 6.42 Å². The monoisotopic (exact) mass is 276 g/mol. The molecule has 1 unspecified atom stereocenters. The predicted octanol–water partition coefficient (Wildman–Crippen LogP) is 1.49. The van der Waals surface area contributed by atoms with Crippen molar-refractivity contribution in [3.63, 3.8) is 0 Å². The highest BCUT2D eigenvalue weighted by Gasteiger charge is 2.25. The van der Waals surface area contributed by atoms with Gasteiger partial charge in [-0.1, -0.05) is 6.07 Å². The molecule has 2 rings (SSSR count).